The number of rotatable bonds is 6. The van der Waals surface area contributed by atoms with Gasteiger partial charge in [-0.3, -0.25) is 0 Å². The molecule has 258 valence electrons. The van der Waals surface area contributed by atoms with Crippen LogP contribution in [0.2, 0.25) is 0 Å². The van der Waals surface area contributed by atoms with Gasteiger partial charge >= 0.3 is 0 Å². The molecule has 3 heteroatoms. The molecule has 11 rings (SSSR count). The summed E-state index contributed by atoms with van der Waals surface area (Å²) >= 11 is 1.87. The molecular weight excluding hydrogens is 685 g/mol. The summed E-state index contributed by atoms with van der Waals surface area (Å²) in [5.41, 5.74) is 11.6. The Morgan fingerprint density at radius 2 is 1.05 bits per heavy atom. The number of anilines is 3. The number of aromatic nitrogens is 1. The van der Waals surface area contributed by atoms with E-state index in [0.29, 0.717) is 0 Å². The van der Waals surface area contributed by atoms with Crippen LogP contribution < -0.4 is 4.90 Å². The lowest BCUT2D eigenvalue weighted by Crippen LogP contribution is -2.11. The van der Waals surface area contributed by atoms with Crippen molar-refractivity contribution >= 4 is 81.1 Å². The van der Waals surface area contributed by atoms with Crippen LogP contribution in [0.15, 0.2) is 206 Å². The topological polar surface area (TPSA) is 8.17 Å². The molecule has 0 amide bonds. The molecule has 0 aliphatic heterocycles. The summed E-state index contributed by atoms with van der Waals surface area (Å²) in [4.78, 5) is 2.45. The van der Waals surface area contributed by atoms with E-state index < -0.39 is 0 Å². The zero-order valence-electron chi connectivity index (χ0n) is 29.9. The van der Waals surface area contributed by atoms with Crippen LogP contribution in [0, 0.1) is 0 Å². The quantitative estimate of drug-likeness (QED) is 0.166. The Bertz CT molecular complexity index is 3190. The maximum absolute atomic E-state index is 2.45. The Balaban J connectivity index is 1.10. The zero-order chi connectivity index (χ0) is 36.3. The van der Waals surface area contributed by atoms with E-state index in [-0.39, 0.29) is 0 Å². The Hall–Kier alpha value is -6.94. The average molecular weight is 719 g/mol. The van der Waals surface area contributed by atoms with Gasteiger partial charge in [0.2, 0.25) is 0 Å². The van der Waals surface area contributed by atoms with Crippen molar-refractivity contribution in [3.63, 3.8) is 0 Å². The molecule has 2 aromatic heterocycles. The first-order valence-corrected chi connectivity index (χ1v) is 19.6. The van der Waals surface area contributed by atoms with Crippen LogP contribution in [-0.4, -0.2) is 4.57 Å². The van der Waals surface area contributed by atoms with Gasteiger partial charge in [0.05, 0.1) is 22.4 Å². The van der Waals surface area contributed by atoms with Gasteiger partial charge in [-0.05, 0) is 94.2 Å². The second-order valence-corrected chi connectivity index (χ2v) is 15.2. The zero-order valence-corrected chi connectivity index (χ0v) is 30.7. The minimum Gasteiger partial charge on any atom is -0.309 e. The molecule has 11 aromatic rings. The van der Waals surface area contributed by atoms with Gasteiger partial charge in [0.15, 0.2) is 0 Å². The van der Waals surface area contributed by atoms with E-state index in [1.807, 2.05) is 11.3 Å². The van der Waals surface area contributed by atoms with Crippen LogP contribution in [0.1, 0.15) is 0 Å². The van der Waals surface area contributed by atoms with E-state index in [4.69, 9.17) is 0 Å². The van der Waals surface area contributed by atoms with Crippen molar-refractivity contribution in [1.82, 2.24) is 4.57 Å². The predicted octanol–water partition coefficient (Wildman–Crippen LogP) is 15.1. The van der Waals surface area contributed by atoms with Crippen molar-refractivity contribution in [2.45, 2.75) is 0 Å². The van der Waals surface area contributed by atoms with Crippen molar-refractivity contribution in [3.8, 4) is 27.9 Å². The summed E-state index contributed by atoms with van der Waals surface area (Å²) in [7, 11) is 0. The Kier molecular flexibility index (Phi) is 7.39. The first-order valence-electron chi connectivity index (χ1n) is 18.8. The molecule has 0 atom stereocenters. The van der Waals surface area contributed by atoms with E-state index in [1.165, 1.54) is 75.0 Å². The molecule has 0 saturated heterocycles. The van der Waals surface area contributed by atoms with Gasteiger partial charge in [0.25, 0.3) is 0 Å². The third-order valence-electron chi connectivity index (χ3n) is 11.0. The Morgan fingerprint density at radius 3 is 1.91 bits per heavy atom. The second kappa shape index (κ2) is 12.9. The van der Waals surface area contributed by atoms with E-state index in [2.05, 4.69) is 216 Å². The summed E-state index contributed by atoms with van der Waals surface area (Å²) in [6.07, 6.45) is 0. The van der Waals surface area contributed by atoms with Gasteiger partial charge in [-0.25, -0.2) is 0 Å². The fraction of sp³-hybridized carbons (Fsp3) is 0. The number of nitrogens with zero attached hydrogens (tertiary/aromatic N) is 2. The second-order valence-electron chi connectivity index (χ2n) is 14.1. The van der Waals surface area contributed by atoms with Gasteiger partial charge < -0.3 is 9.47 Å². The lowest BCUT2D eigenvalue weighted by atomic mass is 9.97. The highest BCUT2D eigenvalue weighted by molar-refractivity contribution is 7.26. The highest BCUT2D eigenvalue weighted by Crippen LogP contribution is 2.47. The first-order chi connectivity index (χ1) is 27.3. The molecule has 0 aliphatic rings. The van der Waals surface area contributed by atoms with Crippen LogP contribution >= 0.6 is 11.3 Å². The van der Waals surface area contributed by atoms with E-state index in [9.17, 15) is 0 Å². The molecule has 0 aliphatic carbocycles. The molecular formula is C52H34N2S. The maximum Gasteiger partial charge on any atom is 0.0562 e. The van der Waals surface area contributed by atoms with Crippen molar-refractivity contribution in [3.05, 3.63) is 206 Å². The van der Waals surface area contributed by atoms with Crippen molar-refractivity contribution in [2.24, 2.45) is 0 Å². The Morgan fingerprint density at radius 1 is 0.382 bits per heavy atom. The molecule has 9 aromatic carbocycles. The lowest BCUT2D eigenvalue weighted by Gasteiger charge is -2.29. The standard InChI is InChI=1S/C52H34N2S/c1-3-14-36(15-4-1)41-18-7-10-21-45(41)54(48-24-13-23-47-52(48)43-19-8-11-22-46(43)53(47)39-16-5-2-6-17-39)40-30-26-35(27-31-40)37-28-32-42-38(34-37)29-33-50-51(42)44-20-9-12-25-49(44)55-50/h1-34H. The smallest absolute Gasteiger partial charge is 0.0562 e. The molecule has 0 fully saturated rings. The summed E-state index contributed by atoms with van der Waals surface area (Å²) < 4.78 is 5.07. The largest absolute Gasteiger partial charge is 0.309 e. The van der Waals surface area contributed by atoms with Crippen LogP contribution in [0.3, 0.4) is 0 Å². The van der Waals surface area contributed by atoms with Crippen LogP contribution in [0.4, 0.5) is 17.1 Å². The number of para-hydroxylation sites is 3. The molecule has 0 bridgehead atoms. The summed E-state index contributed by atoms with van der Waals surface area (Å²) in [6.45, 7) is 0. The van der Waals surface area contributed by atoms with Gasteiger partial charge in [-0.1, -0.05) is 140 Å². The maximum atomic E-state index is 2.45. The molecule has 2 nitrogen and oxygen atoms in total. The molecule has 0 spiro atoms. The number of thiophene rings is 1. The molecule has 0 N–H and O–H groups in total. The van der Waals surface area contributed by atoms with Crippen LogP contribution in [0.5, 0.6) is 0 Å². The predicted molar refractivity (Wildman–Crippen MR) is 237 cm³/mol. The highest BCUT2D eigenvalue weighted by atomic mass is 32.1. The third-order valence-corrected chi connectivity index (χ3v) is 12.1. The van der Waals surface area contributed by atoms with Crippen molar-refractivity contribution < 1.29 is 0 Å². The number of fused-ring (bicyclic) bond motifs is 8. The molecule has 0 radical (unpaired) electrons. The molecule has 0 unspecified atom stereocenters. The molecule has 0 saturated carbocycles. The normalized spacial score (nSPS) is 11.6. The minimum atomic E-state index is 1.10. The van der Waals surface area contributed by atoms with Crippen LogP contribution in [-0.2, 0) is 0 Å². The van der Waals surface area contributed by atoms with Crippen molar-refractivity contribution in [1.29, 1.82) is 0 Å². The number of hydrogen-bond donors (Lipinski definition) is 0. The SMILES string of the molecule is c1ccc(-c2ccccc2N(c2ccc(-c3ccc4c(ccc5sc6ccccc6c54)c3)cc2)c2cccc3c2c2ccccc2n3-c2ccccc2)cc1. The average Bonchev–Trinajstić information content (AvgIpc) is 3.81. The van der Waals surface area contributed by atoms with Crippen LogP contribution in [0.25, 0.3) is 80.7 Å². The first kappa shape index (κ1) is 31.6. The monoisotopic (exact) mass is 718 g/mol. The minimum absolute atomic E-state index is 1.10. The van der Waals surface area contributed by atoms with E-state index in [1.54, 1.807) is 0 Å². The third kappa shape index (κ3) is 5.16. The molecule has 55 heavy (non-hydrogen) atoms. The lowest BCUT2D eigenvalue weighted by molar-refractivity contribution is 1.18. The van der Waals surface area contributed by atoms with E-state index in [0.717, 1.165) is 22.7 Å². The fourth-order valence-corrected chi connectivity index (χ4v) is 9.64. The van der Waals surface area contributed by atoms with Crippen molar-refractivity contribution in [2.75, 3.05) is 4.90 Å². The highest BCUT2D eigenvalue weighted by Gasteiger charge is 2.23. The summed E-state index contributed by atoms with van der Waals surface area (Å²) in [5, 5.41) is 7.70. The fourth-order valence-electron chi connectivity index (χ4n) is 8.52. The van der Waals surface area contributed by atoms with Gasteiger partial charge in [0, 0.05) is 47.9 Å². The Labute approximate surface area is 323 Å². The van der Waals surface area contributed by atoms with Gasteiger partial charge in [0.1, 0.15) is 0 Å². The number of hydrogen-bond acceptors (Lipinski definition) is 2. The summed E-state index contributed by atoms with van der Waals surface area (Å²) in [5.74, 6) is 0. The molecule has 2 heterocycles. The van der Waals surface area contributed by atoms with Gasteiger partial charge in [-0.15, -0.1) is 11.3 Å². The van der Waals surface area contributed by atoms with E-state index >= 15 is 0 Å². The van der Waals surface area contributed by atoms with Gasteiger partial charge in [-0.2, -0.15) is 0 Å². The summed E-state index contributed by atoms with van der Waals surface area (Å²) in [6, 6.07) is 75.1. The number of benzene rings is 9.